The Morgan fingerprint density at radius 3 is 2.87 bits per heavy atom. The van der Waals surface area contributed by atoms with Crippen molar-refractivity contribution in [2.24, 2.45) is 5.92 Å². The van der Waals surface area contributed by atoms with Gasteiger partial charge in [-0.1, -0.05) is 0 Å². The van der Waals surface area contributed by atoms with Crippen LogP contribution in [0.2, 0.25) is 0 Å². The van der Waals surface area contributed by atoms with Gasteiger partial charge in [-0.2, -0.15) is 5.26 Å². The zero-order valence-electron chi connectivity index (χ0n) is 16.5. The summed E-state index contributed by atoms with van der Waals surface area (Å²) in [5.41, 5.74) is 1.14. The Morgan fingerprint density at radius 2 is 2.23 bits per heavy atom. The first-order valence-electron chi connectivity index (χ1n) is 9.74. The highest BCUT2D eigenvalue weighted by Gasteiger charge is 2.31. The summed E-state index contributed by atoms with van der Waals surface area (Å²) in [5.74, 6) is 0.0790. The SMILES string of the molecule is Cc1csc(C2Oc3cc(OCC4CC4)c(C#N)cc3-c3cc(=O)c(C(=O)O)cn32)n1. The van der Waals surface area contributed by atoms with E-state index in [0.717, 1.165) is 18.5 Å². The number of carbonyl (C=O) groups is 1. The number of hydrogen-bond acceptors (Lipinski definition) is 7. The van der Waals surface area contributed by atoms with Gasteiger partial charge in [-0.05, 0) is 31.7 Å². The van der Waals surface area contributed by atoms with E-state index in [1.807, 2.05) is 12.3 Å². The second kappa shape index (κ2) is 7.25. The molecule has 0 saturated heterocycles. The first kappa shape index (κ1) is 19.3. The van der Waals surface area contributed by atoms with Crippen LogP contribution in [0, 0.1) is 24.2 Å². The number of aromatic carboxylic acids is 1. The minimum atomic E-state index is -1.32. The summed E-state index contributed by atoms with van der Waals surface area (Å²) in [4.78, 5) is 28.5. The van der Waals surface area contributed by atoms with Gasteiger partial charge in [0.2, 0.25) is 6.23 Å². The number of nitrogens with zero attached hydrogens (tertiary/aromatic N) is 3. The topological polar surface area (TPSA) is 114 Å². The van der Waals surface area contributed by atoms with Crippen molar-refractivity contribution < 1.29 is 19.4 Å². The molecule has 9 heteroatoms. The lowest BCUT2D eigenvalue weighted by atomic mass is 10.0. The maximum Gasteiger partial charge on any atom is 0.341 e. The zero-order chi connectivity index (χ0) is 21.7. The number of benzene rings is 1. The zero-order valence-corrected chi connectivity index (χ0v) is 17.3. The number of carboxylic acid groups (broad SMARTS) is 1. The number of fused-ring (bicyclic) bond motifs is 3. The molecule has 156 valence electrons. The number of pyridine rings is 1. The fraction of sp³-hybridized carbons (Fsp3) is 0.273. The standard InChI is InChI=1S/C22H17N3O5S/c1-11-10-31-20(24-11)21-25-8-15(22(27)28)17(26)5-16(25)14-4-13(7-23)18(6-19(14)30-21)29-9-12-2-3-12/h4-6,8,10,12,21H,2-3,9H2,1H3,(H,27,28). The van der Waals surface area contributed by atoms with Crippen LogP contribution in [0.4, 0.5) is 0 Å². The highest BCUT2D eigenvalue weighted by molar-refractivity contribution is 7.09. The van der Waals surface area contributed by atoms with E-state index < -0.39 is 17.6 Å². The van der Waals surface area contributed by atoms with Gasteiger partial charge in [-0.15, -0.1) is 11.3 Å². The number of carboxylic acids is 1. The van der Waals surface area contributed by atoms with Gasteiger partial charge in [0, 0.05) is 35.0 Å². The van der Waals surface area contributed by atoms with E-state index in [2.05, 4.69) is 11.1 Å². The van der Waals surface area contributed by atoms with Crippen molar-refractivity contribution in [1.29, 1.82) is 5.26 Å². The molecule has 2 aromatic heterocycles. The second-order valence-corrected chi connectivity index (χ2v) is 8.55. The predicted octanol–water partition coefficient (Wildman–Crippen LogP) is 3.58. The molecule has 1 atom stereocenters. The highest BCUT2D eigenvalue weighted by atomic mass is 32.1. The number of hydrogen-bond donors (Lipinski definition) is 1. The molecule has 31 heavy (non-hydrogen) atoms. The molecule has 8 nitrogen and oxygen atoms in total. The normalized spacial score (nSPS) is 16.6. The highest BCUT2D eigenvalue weighted by Crippen LogP contribution is 2.44. The van der Waals surface area contributed by atoms with Crippen molar-refractivity contribution in [1.82, 2.24) is 9.55 Å². The summed E-state index contributed by atoms with van der Waals surface area (Å²) in [6.45, 7) is 2.40. The number of nitriles is 1. The lowest BCUT2D eigenvalue weighted by Crippen LogP contribution is -2.27. The molecule has 0 bridgehead atoms. The van der Waals surface area contributed by atoms with Crippen molar-refractivity contribution in [3.05, 3.63) is 61.8 Å². The van der Waals surface area contributed by atoms with Crippen LogP contribution in [-0.2, 0) is 0 Å². The Balaban J connectivity index is 1.69. The Hall–Kier alpha value is -3.64. The Labute approximate surface area is 180 Å². The first-order valence-corrected chi connectivity index (χ1v) is 10.6. The second-order valence-electron chi connectivity index (χ2n) is 7.66. The molecular weight excluding hydrogens is 418 g/mol. The van der Waals surface area contributed by atoms with Crippen molar-refractivity contribution in [3.63, 3.8) is 0 Å². The third kappa shape index (κ3) is 3.45. The van der Waals surface area contributed by atoms with E-state index in [4.69, 9.17) is 9.47 Å². The number of thiazole rings is 1. The minimum absolute atomic E-state index is 0.327. The molecule has 0 amide bonds. The van der Waals surface area contributed by atoms with Gasteiger partial charge in [-0.25, -0.2) is 9.78 Å². The van der Waals surface area contributed by atoms with E-state index >= 15 is 0 Å². The molecule has 1 aliphatic carbocycles. The van der Waals surface area contributed by atoms with E-state index in [0.29, 0.717) is 45.9 Å². The van der Waals surface area contributed by atoms with Crippen LogP contribution in [-0.4, -0.2) is 27.2 Å². The Bertz CT molecular complexity index is 1320. The van der Waals surface area contributed by atoms with Crippen LogP contribution >= 0.6 is 11.3 Å². The number of rotatable bonds is 5. The summed E-state index contributed by atoms with van der Waals surface area (Å²) in [6, 6.07) is 6.69. The molecule has 1 aromatic carbocycles. The van der Waals surface area contributed by atoms with Crippen LogP contribution < -0.4 is 14.9 Å². The fourth-order valence-corrected chi connectivity index (χ4v) is 4.33. The predicted molar refractivity (Wildman–Crippen MR) is 112 cm³/mol. The minimum Gasteiger partial charge on any atom is -0.492 e. The molecule has 2 aliphatic rings. The van der Waals surface area contributed by atoms with Gasteiger partial charge in [0.25, 0.3) is 0 Å². The van der Waals surface area contributed by atoms with Crippen molar-refractivity contribution in [2.45, 2.75) is 26.0 Å². The molecule has 1 unspecified atom stereocenters. The molecular formula is C22H17N3O5S. The molecule has 1 saturated carbocycles. The number of aromatic nitrogens is 2. The van der Waals surface area contributed by atoms with E-state index in [-0.39, 0.29) is 5.56 Å². The van der Waals surface area contributed by atoms with Gasteiger partial charge in [-0.3, -0.25) is 4.79 Å². The summed E-state index contributed by atoms with van der Waals surface area (Å²) in [7, 11) is 0. The quantitative estimate of drug-likeness (QED) is 0.651. The van der Waals surface area contributed by atoms with Crippen LogP contribution in [0.15, 0.2) is 34.6 Å². The van der Waals surface area contributed by atoms with Gasteiger partial charge in [0.15, 0.2) is 10.4 Å². The Morgan fingerprint density at radius 1 is 1.42 bits per heavy atom. The monoisotopic (exact) mass is 435 g/mol. The van der Waals surface area contributed by atoms with Crippen LogP contribution in [0.5, 0.6) is 11.5 Å². The molecule has 1 aliphatic heterocycles. The molecule has 0 spiro atoms. The maximum absolute atomic E-state index is 12.5. The first-order chi connectivity index (χ1) is 14.9. The van der Waals surface area contributed by atoms with Crippen LogP contribution in [0.3, 0.4) is 0 Å². The Kier molecular flexibility index (Phi) is 4.52. The van der Waals surface area contributed by atoms with Crippen molar-refractivity contribution in [3.8, 4) is 28.8 Å². The average molecular weight is 435 g/mol. The summed E-state index contributed by atoms with van der Waals surface area (Å²) >= 11 is 1.38. The lowest BCUT2D eigenvalue weighted by molar-refractivity contribution is 0.0693. The maximum atomic E-state index is 12.5. The molecule has 3 aromatic rings. The van der Waals surface area contributed by atoms with Crippen LogP contribution in [0.25, 0.3) is 11.3 Å². The van der Waals surface area contributed by atoms with Crippen LogP contribution in [0.1, 0.15) is 45.7 Å². The van der Waals surface area contributed by atoms with E-state index in [9.17, 15) is 20.0 Å². The third-order valence-electron chi connectivity index (χ3n) is 5.30. The molecule has 3 heterocycles. The number of ether oxygens (including phenoxy) is 2. The fourth-order valence-electron chi connectivity index (χ4n) is 3.51. The molecule has 1 fully saturated rings. The molecule has 1 N–H and O–H groups in total. The summed E-state index contributed by atoms with van der Waals surface area (Å²) in [6.07, 6.45) is 2.77. The van der Waals surface area contributed by atoms with E-state index in [1.165, 1.54) is 23.6 Å². The van der Waals surface area contributed by atoms with Gasteiger partial charge < -0.3 is 19.1 Å². The van der Waals surface area contributed by atoms with Gasteiger partial charge in [0.05, 0.1) is 17.9 Å². The van der Waals surface area contributed by atoms with Crippen molar-refractivity contribution in [2.75, 3.05) is 6.61 Å². The van der Waals surface area contributed by atoms with Crippen molar-refractivity contribution >= 4 is 17.3 Å². The molecule has 0 radical (unpaired) electrons. The smallest absolute Gasteiger partial charge is 0.341 e. The van der Waals surface area contributed by atoms with Gasteiger partial charge >= 0.3 is 5.97 Å². The average Bonchev–Trinajstić information content (AvgIpc) is 3.48. The number of aryl methyl sites for hydroxylation is 1. The summed E-state index contributed by atoms with van der Waals surface area (Å²) in [5, 5.41) is 21.5. The van der Waals surface area contributed by atoms with E-state index in [1.54, 1.807) is 16.7 Å². The summed E-state index contributed by atoms with van der Waals surface area (Å²) < 4.78 is 13.7. The third-order valence-corrected chi connectivity index (χ3v) is 6.29. The lowest BCUT2D eigenvalue weighted by Gasteiger charge is -2.30. The molecule has 5 rings (SSSR count). The largest absolute Gasteiger partial charge is 0.492 e. The van der Waals surface area contributed by atoms with Gasteiger partial charge in [0.1, 0.15) is 23.1 Å².